The van der Waals surface area contributed by atoms with Gasteiger partial charge in [-0.25, -0.2) is 13.8 Å². The van der Waals surface area contributed by atoms with E-state index in [1.807, 2.05) is 0 Å². The highest BCUT2D eigenvalue weighted by atomic mass is 79.9. The van der Waals surface area contributed by atoms with Crippen LogP contribution in [0, 0.1) is 0 Å². The lowest BCUT2D eigenvalue weighted by Crippen LogP contribution is -2.39. The summed E-state index contributed by atoms with van der Waals surface area (Å²) in [6.07, 6.45) is 0. The lowest BCUT2D eigenvalue weighted by Gasteiger charge is -2.24. The molecule has 2 N–H and O–H groups in total. The molecule has 0 heterocycles. The number of benzene rings is 3. The minimum atomic E-state index is -4.00. The van der Waals surface area contributed by atoms with Crippen molar-refractivity contribution >= 4 is 43.3 Å². The molecule has 0 aromatic heterocycles. The Morgan fingerprint density at radius 1 is 1.03 bits per heavy atom. The number of hydrogen-bond donors (Lipinski definition) is 2. The zero-order chi connectivity index (χ0) is 22.4. The maximum atomic E-state index is 13.2. The molecule has 9 heteroatoms. The maximum absolute atomic E-state index is 13.2. The predicted molar refractivity (Wildman–Crippen MR) is 124 cm³/mol. The van der Waals surface area contributed by atoms with Crippen molar-refractivity contribution in [3.05, 3.63) is 88.9 Å². The van der Waals surface area contributed by atoms with Gasteiger partial charge < -0.3 is 5.11 Å². The van der Waals surface area contributed by atoms with Gasteiger partial charge in [-0.05, 0) is 49.4 Å². The number of nitrogens with one attached hydrogen (secondary N) is 1. The minimum absolute atomic E-state index is 0.0282. The zero-order valence-corrected chi connectivity index (χ0v) is 19.0. The lowest BCUT2D eigenvalue weighted by molar-refractivity contribution is -0.119. The van der Waals surface area contributed by atoms with Crippen LogP contribution < -0.4 is 9.73 Å². The van der Waals surface area contributed by atoms with Gasteiger partial charge in [0.25, 0.3) is 15.9 Å². The third-order valence-electron chi connectivity index (χ3n) is 4.36. The molecule has 7 nitrogen and oxygen atoms in total. The Labute approximate surface area is 189 Å². The van der Waals surface area contributed by atoms with Crippen LogP contribution in [-0.4, -0.2) is 31.7 Å². The van der Waals surface area contributed by atoms with Crippen molar-refractivity contribution in [3.8, 4) is 5.75 Å². The fourth-order valence-electron chi connectivity index (χ4n) is 2.82. The maximum Gasteiger partial charge on any atom is 0.264 e. The van der Waals surface area contributed by atoms with Crippen LogP contribution in [0.4, 0.5) is 5.69 Å². The summed E-state index contributed by atoms with van der Waals surface area (Å²) in [6.45, 7) is 1.15. The number of para-hydroxylation sites is 1. The summed E-state index contributed by atoms with van der Waals surface area (Å²) in [5.74, 6) is -0.602. The first-order valence-corrected chi connectivity index (χ1v) is 11.5. The van der Waals surface area contributed by atoms with Crippen LogP contribution in [-0.2, 0) is 14.8 Å². The molecule has 0 fully saturated rings. The number of amides is 1. The van der Waals surface area contributed by atoms with E-state index in [4.69, 9.17) is 0 Å². The second-order valence-electron chi connectivity index (χ2n) is 6.55. The van der Waals surface area contributed by atoms with Crippen molar-refractivity contribution in [2.75, 3.05) is 10.8 Å². The van der Waals surface area contributed by atoms with E-state index >= 15 is 0 Å². The molecule has 3 rings (SSSR count). The molecule has 0 spiro atoms. The summed E-state index contributed by atoms with van der Waals surface area (Å²) < 4.78 is 28.2. The summed E-state index contributed by atoms with van der Waals surface area (Å²) in [5, 5.41) is 13.9. The highest BCUT2D eigenvalue weighted by Gasteiger charge is 2.27. The van der Waals surface area contributed by atoms with Gasteiger partial charge in [-0.3, -0.25) is 9.10 Å². The van der Waals surface area contributed by atoms with Gasteiger partial charge in [-0.2, -0.15) is 5.10 Å². The van der Waals surface area contributed by atoms with Gasteiger partial charge in [-0.1, -0.05) is 52.3 Å². The molecule has 0 saturated heterocycles. The molecule has 31 heavy (non-hydrogen) atoms. The van der Waals surface area contributed by atoms with Crippen molar-refractivity contribution in [2.45, 2.75) is 11.8 Å². The first-order valence-electron chi connectivity index (χ1n) is 9.24. The molecular formula is C22H20BrN3O4S. The van der Waals surface area contributed by atoms with Crippen LogP contribution >= 0.6 is 15.9 Å². The number of halogens is 1. The van der Waals surface area contributed by atoms with Crippen molar-refractivity contribution in [1.82, 2.24) is 5.43 Å². The van der Waals surface area contributed by atoms with E-state index in [1.54, 1.807) is 67.6 Å². The molecule has 0 aliphatic carbocycles. The molecule has 1 amide bonds. The average molecular weight is 502 g/mol. The van der Waals surface area contributed by atoms with Crippen LogP contribution in [0.15, 0.2) is 93.3 Å². The van der Waals surface area contributed by atoms with Crippen molar-refractivity contribution < 1.29 is 18.3 Å². The first-order chi connectivity index (χ1) is 14.8. The van der Waals surface area contributed by atoms with E-state index < -0.39 is 22.5 Å². The number of aromatic hydroxyl groups is 1. The standard InChI is InChI=1S/C22H20BrN3O4S/c1-16(20-12-5-6-13-21(20)27)24-25-22(28)15-26(18-9-7-8-17(23)14-18)31(29,30)19-10-3-2-4-11-19/h2-14,27H,15H2,1H3,(H,25,28)/b24-16+. The summed E-state index contributed by atoms with van der Waals surface area (Å²) in [4.78, 5) is 12.7. The van der Waals surface area contributed by atoms with Crippen LogP contribution in [0.3, 0.4) is 0 Å². The number of carbonyl (C=O) groups excluding carboxylic acids is 1. The van der Waals surface area contributed by atoms with Crippen LogP contribution in [0.25, 0.3) is 0 Å². The Balaban J connectivity index is 1.88. The molecule has 0 aliphatic rings. The van der Waals surface area contributed by atoms with Crippen LogP contribution in [0.5, 0.6) is 5.75 Å². The normalized spacial score (nSPS) is 11.7. The SMILES string of the molecule is C/C(=N\NC(=O)CN(c1cccc(Br)c1)S(=O)(=O)c1ccccc1)c1ccccc1O. The monoisotopic (exact) mass is 501 g/mol. The van der Waals surface area contributed by atoms with Crippen molar-refractivity contribution in [2.24, 2.45) is 5.10 Å². The number of sulfonamides is 1. The number of hydrogen-bond acceptors (Lipinski definition) is 5. The second-order valence-corrected chi connectivity index (χ2v) is 9.33. The van der Waals surface area contributed by atoms with Gasteiger partial charge in [0.15, 0.2) is 0 Å². The molecule has 0 saturated carbocycles. The minimum Gasteiger partial charge on any atom is -0.507 e. The number of rotatable bonds is 7. The van der Waals surface area contributed by atoms with Crippen molar-refractivity contribution in [1.29, 1.82) is 0 Å². The van der Waals surface area contributed by atoms with Gasteiger partial charge in [0.2, 0.25) is 0 Å². The molecule has 3 aromatic rings. The second kappa shape index (κ2) is 9.76. The van der Waals surface area contributed by atoms with Gasteiger partial charge >= 0.3 is 0 Å². The average Bonchev–Trinajstić information content (AvgIpc) is 2.76. The van der Waals surface area contributed by atoms with Gasteiger partial charge in [0, 0.05) is 10.0 Å². The molecule has 0 radical (unpaired) electrons. The molecule has 3 aromatic carbocycles. The number of nitrogens with zero attached hydrogens (tertiary/aromatic N) is 2. The summed E-state index contributed by atoms with van der Waals surface area (Å²) in [5.41, 5.74) is 3.54. The summed E-state index contributed by atoms with van der Waals surface area (Å²) in [7, 11) is -4.00. The van der Waals surface area contributed by atoms with E-state index in [2.05, 4.69) is 26.5 Å². The molecule has 0 aliphatic heterocycles. The number of phenols is 1. The van der Waals surface area contributed by atoms with Crippen LogP contribution in [0.2, 0.25) is 0 Å². The fraction of sp³-hybridized carbons (Fsp3) is 0.0909. The van der Waals surface area contributed by atoms with E-state index in [0.29, 0.717) is 21.4 Å². The highest BCUT2D eigenvalue weighted by molar-refractivity contribution is 9.10. The van der Waals surface area contributed by atoms with Crippen LogP contribution in [0.1, 0.15) is 12.5 Å². The molecule has 160 valence electrons. The van der Waals surface area contributed by atoms with E-state index in [-0.39, 0.29) is 10.6 Å². The molecule has 0 bridgehead atoms. The first kappa shape index (κ1) is 22.5. The largest absolute Gasteiger partial charge is 0.507 e. The highest BCUT2D eigenvalue weighted by Crippen LogP contribution is 2.26. The van der Waals surface area contributed by atoms with Gasteiger partial charge in [0.05, 0.1) is 16.3 Å². The Morgan fingerprint density at radius 2 is 1.71 bits per heavy atom. The fourth-order valence-corrected chi connectivity index (χ4v) is 4.64. The summed E-state index contributed by atoms with van der Waals surface area (Å²) >= 11 is 3.33. The number of anilines is 1. The topological polar surface area (TPSA) is 99.1 Å². The van der Waals surface area contributed by atoms with Gasteiger partial charge in [-0.15, -0.1) is 0 Å². The number of hydrazone groups is 1. The van der Waals surface area contributed by atoms with E-state index in [1.165, 1.54) is 18.2 Å². The molecular weight excluding hydrogens is 482 g/mol. The Kier molecular flexibility index (Phi) is 7.09. The third kappa shape index (κ3) is 5.50. The number of carbonyl (C=O) groups is 1. The van der Waals surface area contributed by atoms with E-state index in [9.17, 15) is 18.3 Å². The lowest BCUT2D eigenvalue weighted by atomic mass is 10.1. The molecule has 0 atom stereocenters. The van der Waals surface area contributed by atoms with Gasteiger partial charge in [0.1, 0.15) is 12.3 Å². The van der Waals surface area contributed by atoms with E-state index in [0.717, 1.165) is 4.31 Å². The summed E-state index contributed by atoms with van der Waals surface area (Å²) in [6, 6.07) is 21.1. The number of phenolic OH excluding ortho intramolecular Hbond substituents is 1. The predicted octanol–water partition coefficient (Wildman–Crippen LogP) is 3.89. The Hall–Kier alpha value is -3.17. The third-order valence-corrected chi connectivity index (χ3v) is 6.64. The molecule has 0 unspecified atom stereocenters. The van der Waals surface area contributed by atoms with Crippen molar-refractivity contribution in [3.63, 3.8) is 0 Å². The zero-order valence-electron chi connectivity index (χ0n) is 16.6. The smallest absolute Gasteiger partial charge is 0.264 e. The Morgan fingerprint density at radius 3 is 2.39 bits per heavy atom. The quantitative estimate of drug-likeness (QED) is 0.378. The Bertz CT molecular complexity index is 1210.